The smallest absolute Gasteiger partial charge is 0.293 e. The number of likely N-dealkylation sites (tertiary alicyclic amines) is 1. The Morgan fingerprint density at radius 2 is 1.73 bits per heavy atom. The van der Waals surface area contributed by atoms with E-state index in [0.29, 0.717) is 23.6 Å². The fourth-order valence-corrected chi connectivity index (χ4v) is 4.31. The number of anilines is 2. The molecule has 0 bridgehead atoms. The second-order valence-corrected chi connectivity index (χ2v) is 8.24. The highest BCUT2D eigenvalue weighted by Gasteiger charge is 2.46. The van der Waals surface area contributed by atoms with Gasteiger partial charge in [0.25, 0.3) is 11.6 Å². The van der Waals surface area contributed by atoms with Gasteiger partial charge in [-0.05, 0) is 37.1 Å². The van der Waals surface area contributed by atoms with Crippen LogP contribution in [0.1, 0.15) is 23.2 Å². The van der Waals surface area contributed by atoms with Crippen LogP contribution in [0, 0.1) is 22.0 Å². The zero-order valence-electron chi connectivity index (χ0n) is 17.5. The molecule has 1 saturated heterocycles. The van der Waals surface area contributed by atoms with Gasteiger partial charge < -0.3 is 10.6 Å². The van der Waals surface area contributed by atoms with Crippen LogP contribution in [-0.2, 0) is 9.59 Å². The summed E-state index contributed by atoms with van der Waals surface area (Å²) in [5.41, 5.74) is 0.379. The number of para-hydroxylation sites is 1. The van der Waals surface area contributed by atoms with E-state index in [0.717, 1.165) is 0 Å². The number of hydrogen-bond acceptors (Lipinski definition) is 6. The highest BCUT2D eigenvalue weighted by atomic mass is 35.5. The van der Waals surface area contributed by atoms with E-state index in [2.05, 4.69) is 10.6 Å². The summed E-state index contributed by atoms with van der Waals surface area (Å²) in [6.45, 7) is 0.257. The maximum Gasteiger partial charge on any atom is 0.293 e. The monoisotopic (exact) mass is 468 g/mol. The number of imide groups is 1. The molecule has 170 valence electrons. The molecule has 2 atom stereocenters. The number of amides is 3. The van der Waals surface area contributed by atoms with Gasteiger partial charge in [-0.2, -0.15) is 0 Å². The van der Waals surface area contributed by atoms with Crippen molar-refractivity contribution >= 4 is 46.4 Å². The van der Waals surface area contributed by atoms with Crippen LogP contribution in [0.4, 0.5) is 17.1 Å². The molecule has 2 aromatic carbocycles. The number of carbonyl (C=O) groups is 3. The quantitative estimate of drug-likeness (QED) is 0.275. The summed E-state index contributed by atoms with van der Waals surface area (Å²) < 4.78 is 0. The van der Waals surface area contributed by atoms with Gasteiger partial charge in [-0.15, -0.1) is 0 Å². The molecule has 33 heavy (non-hydrogen) atoms. The lowest BCUT2D eigenvalue weighted by atomic mass is 9.85. The minimum Gasteiger partial charge on any atom is -0.378 e. The lowest BCUT2D eigenvalue weighted by Gasteiger charge is -2.16. The highest BCUT2D eigenvalue weighted by Crippen LogP contribution is 2.35. The third-order valence-electron chi connectivity index (χ3n) is 5.83. The molecule has 1 fully saturated rings. The van der Waals surface area contributed by atoms with E-state index >= 15 is 0 Å². The average molecular weight is 469 g/mol. The Labute approximate surface area is 194 Å². The Morgan fingerprint density at radius 3 is 2.36 bits per heavy atom. The van der Waals surface area contributed by atoms with Crippen molar-refractivity contribution in [3.63, 3.8) is 0 Å². The fourth-order valence-electron chi connectivity index (χ4n) is 4.12. The number of nitro benzene ring substituents is 1. The summed E-state index contributed by atoms with van der Waals surface area (Å²) >= 11 is 6.05. The molecule has 9 nitrogen and oxygen atoms in total. The van der Waals surface area contributed by atoms with Gasteiger partial charge in [0.05, 0.1) is 27.5 Å². The van der Waals surface area contributed by atoms with Gasteiger partial charge in [0.15, 0.2) is 0 Å². The predicted molar refractivity (Wildman–Crippen MR) is 123 cm³/mol. The second kappa shape index (κ2) is 9.41. The van der Waals surface area contributed by atoms with Crippen molar-refractivity contribution in [3.8, 4) is 0 Å². The SMILES string of the molecule is O=C(Nc1ccccc1Cl)c1ccc(NCCN2C(=O)[C@H]3CC=CC[C@H]3C2=O)c([N+](=O)[O-])c1. The molecule has 3 amide bonds. The maximum absolute atomic E-state index is 12.5. The number of fused-ring (bicyclic) bond motifs is 1. The molecule has 1 aliphatic heterocycles. The van der Waals surface area contributed by atoms with Gasteiger partial charge in [0.1, 0.15) is 5.69 Å². The largest absolute Gasteiger partial charge is 0.378 e. The summed E-state index contributed by atoms with van der Waals surface area (Å²) in [6, 6.07) is 10.7. The first-order chi connectivity index (χ1) is 15.9. The van der Waals surface area contributed by atoms with Gasteiger partial charge in [0.2, 0.25) is 11.8 Å². The van der Waals surface area contributed by atoms with Crippen molar-refractivity contribution in [2.45, 2.75) is 12.8 Å². The molecule has 2 N–H and O–H groups in total. The number of nitro groups is 1. The summed E-state index contributed by atoms with van der Waals surface area (Å²) in [4.78, 5) is 49.8. The van der Waals surface area contributed by atoms with Crippen LogP contribution in [0.2, 0.25) is 5.02 Å². The fraction of sp³-hybridized carbons (Fsp3) is 0.261. The zero-order chi connectivity index (χ0) is 23.5. The Hall–Kier alpha value is -3.72. The molecule has 0 radical (unpaired) electrons. The highest BCUT2D eigenvalue weighted by molar-refractivity contribution is 6.33. The molecule has 0 spiro atoms. The van der Waals surface area contributed by atoms with Crippen molar-refractivity contribution in [2.24, 2.45) is 11.8 Å². The lowest BCUT2D eigenvalue weighted by Crippen LogP contribution is -2.35. The van der Waals surface area contributed by atoms with Gasteiger partial charge in [-0.1, -0.05) is 35.9 Å². The number of rotatable bonds is 7. The number of nitrogens with zero attached hydrogens (tertiary/aromatic N) is 2. The van der Waals surface area contributed by atoms with Crippen LogP contribution in [-0.4, -0.2) is 40.6 Å². The molecule has 1 aliphatic carbocycles. The number of allylic oxidation sites excluding steroid dienone is 2. The van der Waals surface area contributed by atoms with Crippen LogP contribution in [0.3, 0.4) is 0 Å². The summed E-state index contributed by atoms with van der Waals surface area (Å²) in [5.74, 6) is -1.56. The molecule has 4 rings (SSSR count). The van der Waals surface area contributed by atoms with Crippen molar-refractivity contribution in [1.29, 1.82) is 0 Å². The van der Waals surface area contributed by atoms with Gasteiger partial charge in [0, 0.05) is 24.7 Å². The third-order valence-corrected chi connectivity index (χ3v) is 6.16. The first-order valence-electron chi connectivity index (χ1n) is 10.4. The van der Waals surface area contributed by atoms with Crippen LogP contribution in [0.25, 0.3) is 0 Å². The molecule has 1 heterocycles. The van der Waals surface area contributed by atoms with Gasteiger partial charge >= 0.3 is 0 Å². The lowest BCUT2D eigenvalue weighted by molar-refractivity contribution is -0.384. The molecule has 0 unspecified atom stereocenters. The third kappa shape index (κ3) is 4.58. The van der Waals surface area contributed by atoms with E-state index in [1.807, 2.05) is 12.2 Å². The van der Waals surface area contributed by atoms with Crippen LogP contribution in [0.15, 0.2) is 54.6 Å². The van der Waals surface area contributed by atoms with E-state index in [-0.39, 0.29) is 53.7 Å². The standard InChI is InChI=1S/C23H21ClN4O5/c24-17-7-3-4-8-18(17)26-21(29)14-9-10-19(20(13-14)28(32)33)25-11-12-27-22(30)15-5-1-2-6-16(15)23(27)31/h1-4,7-10,13,15-16,25H,5-6,11-12H2,(H,26,29)/t15-,16+. The molecular formula is C23H21ClN4O5. The van der Waals surface area contributed by atoms with Gasteiger partial charge in [-0.3, -0.25) is 29.4 Å². The Bertz CT molecular complexity index is 1140. The van der Waals surface area contributed by atoms with Crippen molar-refractivity contribution in [2.75, 3.05) is 23.7 Å². The molecule has 0 aromatic heterocycles. The number of hydrogen-bond donors (Lipinski definition) is 2. The zero-order valence-corrected chi connectivity index (χ0v) is 18.2. The average Bonchev–Trinajstić information content (AvgIpc) is 3.05. The van der Waals surface area contributed by atoms with E-state index in [9.17, 15) is 24.5 Å². The summed E-state index contributed by atoms with van der Waals surface area (Å²) in [5, 5.41) is 17.5. The molecular weight excluding hydrogens is 448 g/mol. The number of nitrogens with one attached hydrogen (secondary N) is 2. The van der Waals surface area contributed by atoms with Crippen molar-refractivity contribution < 1.29 is 19.3 Å². The predicted octanol–water partition coefficient (Wildman–Crippen LogP) is 3.86. The van der Waals surface area contributed by atoms with E-state index < -0.39 is 10.8 Å². The van der Waals surface area contributed by atoms with E-state index in [1.54, 1.807) is 24.3 Å². The molecule has 0 saturated carbocycles. The van der Waals surface area contributed by atoms with E-state index in [4.69, 9.17) is 11.6 Å². The van der Waals surface area contributed by atoms with Crippen LogP contribution in [0.5, 0.6) is 0 Å². The van der Waals surface area contributed by atoms with Crippen molar-refractivity contribution in [3.05, 3.63) is 75.3 Å². The van der Waals surface area contributed by atoms with Crippen molar-refractivity contribution in [1.82, 2.24) is 4.90 Å². The summed E-state index contributed by atoms with van der Waals surface area (Å²) in [6.07, 6.45) is 4.95. The molecule has 10 heteroatoms. The number of benzene rings is 2. The minimum atomic E-state index is -0.596. The normalized spacial score (nSPS) is 19.4. The number of halogens is 1. The van der Waals surface area contributed by atoms with Crippen LogP contribution >= 0.6 is 11.6 Å². The Morgan fingerprint density at radius 1 is 1.06 bits per heavy atom. The van der Waals surface area contributed by atoms with E-state index in [1.165, 1.54) is 23.1 Å². The molecule has 2 aromatic rings. The maximum atomic E-state index is 12.5. The molecule has 2 aliphatic rings. The van der Waals surface area contributed by atoms with Gasteiger partial charge in [-0.25, -0.2) is 0 Å². The van der Waals surface area contributed by atoms with Crippen LogP contribution < -0.4 is 10.6 Å². The topological polar surface area (TPSA) is 122 Å². The Balaban J connectivity index is 1.42. The first-order valence-corrected chi connectivity index (χ1v) is 10.8. The first kappa shape index (κ1) is 22.5. The Kier molecular flexibility index (Phi) is 6.41. The second-order valence-electron chi connectivity index (χ2n) is 7.83. The summed E-state index contributed by atoms with van der Waals surface area (Å²) in [7, 11) is 0. The number of carbonyl (C=O) groups excluding carboxylic acids is 3. The minimum absolute atomic E-state index is 0.0913.